The van der Waals surface area contributed by atoms with E-state index in [0.717, 1.165) is 16.7 Å². The van der Waals surface area contributed by atoms with Gasteiger partial charge in [0.25, 0.3) is 0 Å². The molecule has 1 atom stereocenters. The van der Waals surface area contributed by atoms with Gasteiger partial charge in [-0.05, 0) is 65.2 Å². The molecule has 2 amide bonds. The van der Waals surface area contributed by atoms with Crippen LogP contribution in [0.25, 0.3) is 0 Å². The lowest BCUT2D eigenvalue weighted by atomic mass is 9.80. The zero-order chi connectivity index (χ0) is 32.9. The van der Waals surface area contributed by atoms with Crippen LogP contribution in [0, 0.1) is 0 Å². The standard InChI is InChI=1S/C36H38N2O8/c1-42-29-15-9-25(10-16-29)35(41)46-32(23-38-34(40)22-21-33(37)39)24-45-36(26-7-5-4-6-8-26,27-11-17-30(43-2)18-12-27)28-13-19-31(44-3)20-14-28/h4-20,32H,21-24H2,1-3H3,(H2,37,39)(H,38,40). The number of nitrogens with two attached hydrogens (primary N) is 1. The summed E-state index contributed by atoms with van der Waals surface area (Å²) in [5.74, 6) is 0.318. The maximum absolute atomic E-state index is 13.3. The molecule has 0 spiro atoms. The van der Waals surface area contributed by atoms with E-state index in [1.165, 1.54) is 7.11 Å². The second-order valence-electron chi connectivity index (χ2n) is 10.3. The molecule has 1 unspecified atom stereocenters. The van der Waals surface area contributed by atoms with E-state index in [1.54, 1.807) is 38.5 Å². The minimum Gasteiger partial charge on any atom is -0.497 e. The van der Waals surface area contributed by atoms with Gasteiger partial charge >= 0.3 is 5.97 Å². The number of carbonyl (C=O) groups excluding carboxylic acids is 3. The minimum absolute atomic E-state index is 0.0738. The lowest BCUT2D eigenvalue weighted by Gasteiger charge is -2.37. The summed E-state index contributed by atoms with van der Waals surface area (Å²) in [6.07, 6.45) is -1.13. The molecule has 4 aromatic rings. The lowest BCUT2D eigenvalue weighted by molar-refractivity contribution is -0.125. The summed E-state index contributed by atoms with van der Waals surface area (Å²) in [6, 6.07) is 31.2. The van der Waals surface area contributed by atoms with Crippen LogP contribution in [0.5, 0.6) is 17.2 Å². The number of carbonyl (C=O) groups is 3. The molecule has 10 nitrogen and oxygen atoms in total. The topological polar surface area (TPSA) is 135 Å². The van der Waals surface area contributed by atoms with Gasteiger partial charge in [-0.2, -0.15) is 0 Å². The predicted molar refractivity (Wildman–Crippen MR) is 172 cm³/mol. The van der Waals surface area contributed by atoms with Crippen LogP contribution < -0.4 is 25.3 Å². The van der Waals surface area contributed by atoms with Crippen molar-refractivity contribution in [3.8, 4) is 17.2 Å². The number of esters is 1. The zero-order valence-corrected chi connectivity index (χ0v) is 26.1. The Bertz CT molecular complexity index is 1530. The van der Waals surface area contributed by atoms with Crippen molar-refractivity contribution in [1.82, 2.24) is 5.32 Å². The summed E-state index contributed by atoms with van der Waals surface area (Å²) in [4.78, 5) is 37.0. The molecule has 0 heterocycles. The molecular formula is C36H38N2O8. The van der Waals surface area contributed by atoms with Crippen LogP contribution >= 0.6 is 0 Å². The van der Waals surface area contributed by atoms with Gasteiger partial charge in [-0.1, -0.05) is 54.6 Å². The maximum Gasteiger partial charge on any atom is 0.338 e. The smallest absolute Gasteiger partial charge is 0.338 e. The number of primary amides is 1. The first kappa shape index (κ1) is 33.5. The predicted octanol–water partition coefficient (Wildman–Crippen LogP) is 4.63. The van der Waals surface area contributed by atoms with E-state index in [4.69, 9.17) is 29.4 Å². The molecule has 4 rings (SSSR count). The van der Waals surface area contributed by atoms with E-state index >= 15 is 0 Å². The molecule has 0 aliphatic carbocycles. The van der Waals surface area contributed by atoms with Gasteiger partial charge in [-0.15, -0.1) is 0 Å². The van der Waals surface area contributed by atoms with Crippen LogP contribution in [0.15, 0.2) is 103 Å². The van der Waals surface area contributed by atoms with Gasteiger partial charge in [0.1, 0.15) is 29.0 Å². The average Bonchev–Trinajstić information content (AvgIpc) is 3.10. The third-order valence-corrected chi connectivity index (χ3v) is 7.38. The van der Waals surface area contributed by atoms with Crippen molar-refractivity contribution in [3.05, 3.63) is 125 Å². The highest BCUT2D eigenvalue weighted by molar-refractivity contribution is 5.89. The van der Waals surface area contributed by atoms with E-state index in [-0.39, 0.29) is 26.0 Å². The van der Waals surface area contributed by atoms with E-state index in [2.05, 4.69) is 5.32 Å². The number of nitrogens with one attached hydrogen (secondary N) is 1. The Labute approximate surface area is 268 Å². The largest absolute Gasteiger partial charge is 0.497 e. The first-order chi connectivity index (χ1) is 22.3. The molecular weight excluding hydrogens is 588 g/mol. The maximum atomic E-state index is 13.3. The molecule has 0 aliphatic heterocycles. The Morgan fingerprint density at radius 3 is 1.63 bits per heavy atom. The molecule has 240 valence electrons. The quantitative estimate of drug-likeness (QED) is 0.136. The first-order valence-electron chi connectivity index (χ1n) is 14.7. The number of ether oxygens (including phenoxy) is 5. The van der Waals surface area contributed by atoms with Crippen molar-refractivity contribution in [3.63, 3.8) is 0 Å². The number of methoxy groups -OCH3 is 3. The van der Waals surface area contributed by atoms with Gasteiger partial charge in [-0.3, -0.25) is 9.59 Å². The highest BCUT2D eigenvalue weighted by Crippen LogP contribution is 2.42. The highest BCUT2D eigenvalue weighted by atomic mass is 16.6. The molecule has 10 heteroatoms. The van der Waals surface area contributed by atoms with Crippen molar-refractivity contribution in [1.29, 1.82) is 0 Å². The SMILES string of the molecule is COc1ccc(C(=O)OC(CNC(=O)CCC(N)=O)COC(c2ccccc2)(c2ccc(OC)cc2)c2ccc(OC)cc2)cc1. The molecule has 0 bridgehead atoms. The molecule has 3 N–H and O–H groups in total. The van der Waals surface area contributed by atoms with Gasteiger partial charge in [-0.25, -0.2) is 4.79 Å². The number of hydrogen-bond acceptors (Lipinski definition) is 8. The Hall–Kier alpha value is -5.35. The monoisotopic (exact) mass is 626 g/mol. The molecule has 4 aromatic carbocycles. The number of rotatable bonds is 16. The summed E-state index contributed by atoms with van der Waals surface area (Å²) in [5.41, 5.74) is 6.72. The summed E-state index contributed by atoms with van der Waals surface area (Å²) in [5, 5.41) is 2.74. The first-order valence-corrected chi connectivity index (χ1v) is 14.7. The van der Waals surface area contributed by atoms with Crippen molar-refractivity contribution in [2.75, 3.05) is 34.5 Å². The van der Waals surface area contributed by atoms with Crippen LogP contribution in [0.3, 0.4) is 0 Å². The Kier molecular flexibility index (Phi) is 11.7. The molecule has 0 aliphatic rings. The summed E-state index contributed by atoms with van der Waals surface area (Å²) in [7, 11) is 4.73. The molecule has 0 fully saturated rings. The third kappa shape index (κ3) is 8.42. The number of amides is 2. The Balaban J connectivity index is 1.73. The zero-order valence-electron chi connectivity index (χ0n) is 26.1. The van der Waals surface area contributed by atoms with Crippen LogP contribution in [0.1, 0.15) is 39.9 Å². The fourth-order valence-electron chi connectivity index (χ4n) is 4.93. The van der Waals surface area contributed by atoms with E-state index in [1.807, 2.05) is 78.9 Å². The van der Waals surface area contributed by atoms with Gasteiger partial charge in [0, 0.05) is 12.8 Å². The fourth-order valence-corrected chi connectivity index (χ4v) is 4.93. The van der Waals surface area contributed by atoms with Crippen LogP contribution in [-0.4, -0.2) is 58.4 Å². The Morgan fingerprint density at radius 2 is 1.15 bits per heavy atom. The van der Waals surface area contributed by atoms with Gasteiger partial charge in [0.15, 0.2) is 0 Å². The van der Waals surface area contributed by atoms with E-state index in [0.29, 0.717) is 22.8 Å². The molecule has 0 aromatic heterocycles. The summed E-state index contributed by atoms with van der Waals surface area (Å²) >= 11 is 0. The van der Waals surface area contributed by atoms with Crippen molar-refractivity contribution in [2.24, 2.45) is 5.73 Å². The second kappa shape index (κ2) is 16.1. The van der Waals surface area contributed by atoms with Crippen LogP contribution in [-0.2, 0) is 24.7 Å². The number of hydrogen-bond donors (Lipinski definition) is 2. The summed E-state index contributed by atoms with van der Waals surface area (Å²) in [6.45, 7) is -0.194. The van der Waals surface area contributed by atoms with Crippen LogP contribution in [0.2, 0.25) is 0 Å². The van der Waals surface area contributed by atoms with Crippen molar-refractivity contribution >= 4 is 17.8 Å². The average molecular weight is 627 g/mol. The van der Waals surface area contributed by atoms with Crippen LogP contribution in [0.4, 0.5) is 0 Å². The van der Waals surface area contributed by atoms with Gasteiger partial charge in [0.05, 0.1) is 40.0 Å². The minimum atomic E-state index is -1.18. The highest BCUT2D eigenvalue weighted by Gasteiger charge is 2.39. The van der Waals surface area contributed by atoms with Gasteiger partial charge < -0.3 is 34.7 Å². The lowest BCUT2D eigenvalue weighted by Crippen LogP contribution is -2.41. The summed E-state index contributed by atoms with van der Waals surface area (Å²) < 4.78 is 28.8. The fraction of sp³-hybridized carbons (Fsp3) is 0.250. The molecule has 0 radical (unpaired) electrons. The molecule has 0 saturated heterocycles. The van der Waals surface area contributed by atoms with E-state index in [9.17, 15) is 14.4 Å². The van der Waals surface area contributed by atoms with E-state index < -0.39 is 29.5 Å². The van der Waals surface area contributed by atoms with Crippen molar-refractivity contribution < 1.29 is 38.1 Å². The number of benzene rings is 4. The van der Waals surface area contributed by atoms with Gasteiger partial charge in [0.2, 0.25) is 11.8 Å². The van der Waals surface area contributed by atoms with Crippen molar-refractivity contribution in [2.45, 2.75) is 24.5 Å². The Morgan fingerprint density at radius 1 is 0.674 bits per heavy atom. The molecule has 0 saturated carbocycles. The third-order valence-electron chi connectivity index (χ3n) is 7.38. The normalized spacial score (nSPS) is 11.6. The second-order valence-corrected chi connectivity index (χ2v) is 10.3. The molecule has 46 heavy (non-hydrogen) atoms.